The van der Waals surface area contributed by atoms with E-state index in [1.807, 2.05) is 19.1 Å². The van der Waals surface area contributed by atoms with Crippen LogP contribution in [0.25, 0.3) is 0 Å². The minimum absolute atomic E-state index is 0.0135. The first-order valence-corrected chi connectivity index (χ1v) is 7.79. The van der Waals surface area contributed by atoms with Gasteiger partial charge in [-0.15, -0.1) is 0 Å². The zero-order chi connectivity index (χ0) is 17.1. The van der Waals surface area contributed by atoms with Crippen LogP contribution in [0.3, 0.4) is 0 Å². The lowest BCUT2D eigenvalue weighted by Crippen LogP contribution is -2.33. The zero-order valence-corrected chi connectivity index (χ0v) is 13.6. The molecule has 0 unspecified atom stereocenters. The second-order valence-corrected chi connectivity index (χ2v) is 5.93. The monoisotopic (exact) mass is 325 g/mol. The van der Waals surface area contributed by atoms with E-state index in [-0.39, 0.29) is 29.6 Å². The molecule has 2 aromatic rings. The second-order valence-electron chi connectivity index (χ2n) is 5.93. The number of aryl methyl sites for hydroxylation is 1. The number of pyridine rings is 1. The molecule has 24 heavy (non-hydrogen) atoms. The van der Waals surface area contributed by atoms with Gasteiger partial charge >= 0.3 is 0 Å². The molecule has 1 aliphatic heterocycles. The van der Waals surface area contributed by atoms with Crippen LogP contribution in [0.1, 0.15) is 34.3 Å². The molecule has 0 aromatic carbocycles. The quantitative estimate of drug-likeness (QED) is 0.910. The van der Waals surface area contributed by atoms with Crippen molar-refractivity contribution < 1.29 is 9.59 Å². The van der Waals surface area contributed by atoms with Crippen molar-refractivity contribution in [1.82, 2.24) is 25.2 Å². The highest BCUT2D eigenvalue weighted by Crippen LogP contribution is 2.36. The molecule has 1 N–H and O–H groups in total. The zero-order valence-electron chi connectivity index (χ0n) is 13.6. The van der Waals surface area contributed by atoms with E-state index in [1.54, 1.807) is 36.6 Å². The molecule has 0 bridgehead atoms. The third-order valence-electron chi connectivity index (χ3n) is 4.24. The Bertz CT molecular complexity index is 750. The number of nitrogens with one attached hydrogen (secondary N) is 1. The number of carbonyl (C=O) groups is 2. The molecular formula is C17H19N5O2. The standard InChI is InChI=1S/C17H19N5O2/c1-11-5-7-19-16(21-11)17(24)20-10-13-8-14(23)22(2)15(13)12-4-3-6-18-9-12/h3-7,9,13,15H,8,10H2,1-2H3,(H,20,24)/t13-,15-/m0/s1. The van der Waals surface area contributed by atoms with Gasteiger partial charge in [0.05, 0.1) is 6.04 Å². The van der Waals surface area contributed by atoms with Crippen LogP contribution in [0.15, 0.2) is 36.8 Å². The van der Waals surface area contributed by atoms with Gasteiger partial charge in [0.15, 0.2) is 0 Å². The van der Waals surface area contributed by atoms with Crippen LogP contribution in [0.5, 0.6) is 0 Å². The number of rotatable bonds is 4. The molecule has 0 radical (unpaired) electrons. The van der Waals surface area contributed by atoms with E-state index in [0.29, 0.717) is 13.0 Å². The highest BCUT2D eigenvalue weighted by Gasteiger charge is 2.38. The minimum atomic E-state index is -0.328. The van der Waals surface area contributed by atoms with E-state index < -0.39 is 0 Å². The maximum absolute atomic E-state index is 12.2. The maximum Gasteiger partial charge on any atom is 0.289 e. The number of hydrogen-bond acceptors (Lipinski definition) is 5. The smallest absolute Gasteiger partial charge is 0.289 e. The van der Waals surface area contributed by atoms with E-state index in [4.69, 9.17) is 0 Å². The Morgan fingerprint density at radius 3 is 2.92 bits per heavy atom. The molecule has 1 aliphatic rings. The predicted molar refractivity (Wildman–Crippen MR) is 87.0 cm³/mol. The third kappa shape index (κ3) is 3.24. The van der Waals surface area contributed by atoms with Gasteiger partial charge in [0.2, 0.25) is 11.7 Å². The summed E-state index contributed by atoms with van der Waals surface area (Å²) in [6, 6.07) is 5.44. The second kappa shape index (κ2) is 6.74. The number of hydrogen-bond donors (Lipinski definition) is 1. The summed E-state index contributed by atoms with van der Waals surface area (Å²) >= 11 is 0. The average Bonchev–Trinajstić information content (AvgIpc) is 2.88. The summed E-state index contributed by atoms with van der Waals surface area (Å²) in [7, 11) is 1.78. The number of nitrogens with zero attached hydrogens (tertiary/aromatic N) is 4. The van der Waals surface area contributed by atoms with Crippen molar-refractivity contribution in [3.8, 4) is 0 Å². The number of likely N-dealkylation sites (tertiary alicyclic amines) is 1. The lowest BCUT2D eigenvalue weighted by Gasteiger charge is -2.25. The van der Waals surface area contributed by atoms with Gasteiger partial charge in [-0.1, -0.05) is 6.07 Å². The first-order chi connectivity index (χ1) is 11.6. The molecular weight excluding hydrogens is 306 g/mol. The average molecular weight is 325 g/mol. The fourth-order valence-corrected chi connectivity index (χ4v) is 3.04. The highest BCUT2D eigenvalue weighted by molar-refractivity contribution is 5.90. The predicted octanol–water partition coefficient (Wildman–Crippen LogP) is 1.13. The fourth-order valence-electron chi connectivity index (χ4n) is 3.04. The molecule has 2 atom stereocenters. The van der Waals surface area contributed by atoms with Crippen LogP contribution in [0, 0.1) is 12.8 Å². The van der Waals surface area contributed by atoms with Crippen molar-refractivity contribution >= 4 is 11.8 Å². The van der Waals surface area contributed by atoms with Gasteiger partial charge in [0.25, 0.3) is 5.91 Å². The Morgan fingerprint density at radius 2 is 2.21 bits per heavy atom. The van der Waals surface area contributed by atoms with E-state index in [9.17, 15) is 9.59 Å². The lowest BCUT2D eigenvalue weighted by atomic mass is 9.94. The van der Waals surface area contributed by atoms with Crippen LogP contribution >= 0.6 is 0 Å². The van der Waals surface area contributed by atoms with Crippen molar-refractivity contribution in [2.75, 3.05) is 13.6 Å². The molecule has 2 amide bonds. The third-order valence-corrected chi connectivity index (χ3v) is 4.24. The van der Waals surface area contributed by atoms with Crippen molar-refractivity contribution in [2.24, 2.45) is 5.92 Å². The van der Waals surface area contributed by atoms with E-state index in [0.717, 1.165) is 11.3 Å². The van der Waals surface area contributed by atoms with Gasteiger partial charge in [-0.2, -0.15) is 0 Å². The topological polar surface area (TPSA) is 88.1 Å². The molecule has 7 heteroatoms. The molecule has 1 fully saturated rings. The maximum atomic E-state index is 12.2. The van der Waals surface area contributed by atoms with Gasteiger partial charge in [0.1, 0.15) is 0 Å². The number of amides is 2. The summed E-state index contributed by atoms with van der Waals surface area (Å²) in [5.74, 6) is -0.133. The summed E-state index contributed by atoms with van der Waals surface area (Å²) < 4.78 is 0. The Balaban J connectivity index is 1.71. The van der Waals surface area contributed by atoms with Gasteiger partial charge in [-0.3, -0.25) is 14.6 Å². The Morgan fingerprint density at radius 1 is 1.38 bits per heavy atom. The Hall–Kier alpha value is -2.83. The van der Waals surface area contributed by atoms with Crippen molar-refractivity contribution in [2.45, 2.75) is 19.4 Å². The Labute approximate surface area is 140 Å². The molecule has 3 heterocycles. The fraction of sp³-hybridized carbons (Fsp3) is 0.353. The summed E-state index contributed by atoms with van der Waals surface area (Å²) in [4.78, 5) is 38.3. The molecule has 1 saturated heterocycles. The van der Waals surface area contributed by atoms with Gasteiger partial charge in [-0.25, -0.2) is 9.97 Å². The normalized spacial score (nSPS) is 20.2. The summed E-state index contributed by atoms with van der Waals surface area (Å²) in [6.07, 6.45) is 5.41. The highest BCUT2D eigenvalue weighted by atomic mass is 16.2. The summed E-state index contributed by atoms with van der Waals surface area (Å²) in [5.41, 5.74) is 1.70. The SMILES string of the molecule is Cc1ccnc(C(=O)NC[C@@H]2CC(=O)N(C)[C@H]2c2cccnc2)n1. The Kier molecular flexibility index (Phi) is 4.50. The van der Waals surface area contributed by atoms with E-state index in [1.165, 1.54) is 0 Å². The van der Waals surface area contributed by atoms with Gasteiger partial charge < -0.3 is 10.2 Å². The molecule has 124 valence electrons. The molecule has 0 saturated carbocycles. The van der Waals surface area contributed by atoms with Gasteiger partial charge in [0, 0.05) is 50.2 Å². The van der Waals surface area contributed by atoms with Crippen LogP contribution in [-0.4, -0.2) is 45.3 Å². The number of aromatic nitrogens is 3. The van der Waals surface area contributed by atoms with Crippen molar-refractivity contribution in [3.05, 3.63) is 53.9 Å². The lowest BCUT2D eigenvalue weighted by molar-refractivity contribution is -0.127. The minimum Gasteiger partial charge on any atom is -0.349 e. The van der Waals surface area contributed by atoms with Crippen molar-refractivity contribution in [1.29, 1.82) is 0 Å². The van der Waals surface area contributed by atoms with Crippen LogP contribution in [-0.2, 0) is 4.79 Å². The molecule has 0 aliphatic carbocycles. The molecule has 7 nitrogen and oxygen atoms in total. The molecule has 2 aromatic heterocycles. The molecule has 3 rings (SSSR count). The van der Waals surface area contributed by atoms with Crippen molar-refractivity contribution in [3.63, 3.8) is 0 Å². The van der Waals surface area contributed by atoms with Crippen LogP contribution < -0.4 is 5.32 Å². The first-order valence-electron chi connectivity index (χ1n) is 7.79. The first kappa shape index (κ1) is 16.0. The largest absolute Gasteiger partial charge is 0.349 e. The van der Waals surface area contributed by atoms with E-state index >= 15 is 0 Å². The van der Waals surface area contributed by atoms with Crippen LogP contribution in [0.2, 0.25) is 0 Å². The number of carbonyl (C=O) groups excluding carboxylic acids is 2. The van der Waals surface area contributed by atoms with Crippen LogP contribution in [0.4, 0.5) is 0 Å². The summed E-state index contributed by atoms with van der Waals surface area (Å²) in [6.45, 7) is 2.19. The van der Waals surface area contributed by atoms with E-state index in [2.05, 4.69) is 20.3 Å². The van der Waals surface area contributed by atoms with Gasteiger partial charge in [-0.05, 0) is 24.6 Å². The summed E-state index contributed by atoms with van der Waals surface area (Å²) in [5, 5.41) is 2.85. The molecule has 0 spiro atoms.